The van der Waals surface area contributed by atoms with Gasteiger partial charge in [0, 0.05) is 37.3 Å². The summed E-state index contributed by atoms with van der Waals surface area (Å²) in [7, 11) is 4.18. The number of nitrogens with one attached hydrogen (secondary N) is 1. The van der Waals surface area contributed by atoms with E-state index in [1.165, 1.54) is 18.6 Å². The van der Waals surface area contributed by atoms with Crippen molar-refractivity contribution in [3.63, 3.8) is 0 Å². The van der Waals surface area contributed by atoms with E-state index in [4.69, 9.17) is 9.73 Å². The summed E-state index contributed by atoms with van der Waals surface area (Å²) >= 11 is 0. The van der Waals surface area contributed by atoms with Gasteiger partial charge in [-0.3, -0.25) is 4.90 Å². The topological polar surface area (TPSA) is 70.8 Å². The Kier molecular flexibility index (Phi) is 5.00. The Balaban J connectivity index is 1.42. The van der Waals surface area contributed by atoms with Gasteiger partial charge in [-0.2, -0.15) is 4.98 Å². The molecule has 4 rings (SSSR count). The summed E-state index contributed by atoms with van der Waals surface area (Å²) in [5.41, 5.74) is 1.32. The van der Waals surface area contributed by atoms with Crippen molar-refractivity contribution in [2.45, 2.75) is 31.8 Å². The average molecular weight is 347 g/mol. The first-order valence-electron chi connectivity index (χ1n) is 9.44. The number of nitrogens with zero attached hydrogens (tertiary/aromatic N) is 6. The van der Waals surface area contributed by atoms with Crippen LogP contribution in [0.2, 0.25) is 0 Å². The highest BCUT2D eigenvalue weighted by Gasteiger charge is 2.39. The number of aromatic nitrogens is 3. The van der Waals surface area contributed by atoms with Crippen molar-refractivity contribution in [1.29, 1.82) is 0 Å². The first-order chi connectivity index (χ1) is 12.2. The maximum absolute atomic E-state index is 5.50. The zero-order valence-corrected chi connectivity index (χ0v) is 15.3. The van der Waals surface area contributed by atoms with E-state index in [9.17, 15) is 0 Å². The van der Waals surface area contributed by atoms with Gasteiger partial charge in [0.05, 0.1) is 19.8 Å². The predicted molar refractivity (Wildman–Crippen MR) is 97.7 cm³/mol. The highest BCUT2D eigenvalue weighted by atomic mass is 16.5. The summed E-state index contributed by atoms with van der Waals surface area (Å²) in [5.74, 6) is 1.99. The number of anilines is 1. The molecular formula is C17H29N7O. The maximum Gasteiger partial charge on any atom is 0.249 e. The fourth-order valence-electron chi connectivity index (χ4n) is 4.07. The second-order valence-electron chi connectivity index (χ2n) is 7.48. The van der Waals surface area contributed by atoms with Crippen molar-refractivity contribution in [1.82, 2.24) is 24.6 Å². The summed E-state index contributed by atoms with van der Waals surface area (Å²) in [6.07, 6.45) is 3.48. The molecule has 8 nitrogen and oxygen atoms in total. The molecule has 1 saturated heterocycles. The molecule has 0 bridgehead atoms. The lowest BCUT2D eigenvalue weighted by molar-refractivity contribution is 0.0292. The van der Waals surface area contributed by atoms with E-state index in [1.54, 1.807) is 0 Å². The van der Waals surface area contributed by atoms with Crippen LogP contribution in [-0.4, -0.2) is 89.8 Å². The Morgan fingerprint density at radius 3 is 2.88 bits per heavy atom. The minimum absolute atomic E-state index is 0.468. The summed E-state index contributed by atoms with van der Waals surface area (Å²) in [4.78, 5) is 14.2. The van der Waals surface area contributed by atoms with Crippen molar-refractivity contribution in [2.75, 3.05) is 58.8 Å². The second kappa shape index (κ2) is 7.39. The van der Waals surface area contributed by atoms with Crippen LogP contribution < -0.4 is 5.32 Å². The highest BCUT2D eigenvalue weighted by molar-refractivity contribution is 5.95. The molecule has 8 heteroatoms. The third-order valence-electron chi connectivity index (χ3n) is 5.37. The number of fused-ring (bicyclic) bond motifs is 2. The fraction of sp³-hybridized carbons (Fsp3) is 0.824. The Hall–Kier alpha value is -1.51. The van der Waals surface area contributed by atoms with E-state index in [0.717, 1.165) is 58.3 Å². The molecule has 0 amide bonds. The molecule has 1 aliphatic carbocycles. The standard InChI is InChI=1S/C17H29N7O/c1-22(2)7-3-6-18-16-20-17-19-15-13(12-24(17)21-16)4-5-14(15)23-8-10-25-11-9-23/h13-14H,3-12H2,1-2H3,(H,18,21). The quantitative estimate of drug-likeness (QED) is 0.769. The average Bonchev–Trinajstić information content (AvgIpc) is 3.20. The molecule has 2 atom stereocenters. The van der Waals surface area contributed by atoms with Crippen molar-refractivity contribution < 1.29 is 4.74 Å². The van der Waals surface area contributed by atoms with Crippen molar-refractivity contribution in [3.05, 3.63) is 0 Å². The lowest BCUT2D eigenvalue weighted by Crippen LogP contribution is -2.46. The molecule has 1 aromatic heterocycles. The lowest BCUT2D eigenvalue weighted by Gasteiger charge is -2.33. The van der Waals surface area contributed by atoms with Gasteiger partial charge in [0.25, 0.3) is 0 Å². The third-order valence-corrected chi connectivity index (χ3v) is 5.37. The van der Waals surface area contributed by atoms with Gasteiger partial charge >= 0.3 is 0 Å². The summed E-state index contributed by atoms with van der Waals surface area (Å²) in [6, 6.07) is 0.468. The maximum atomic E-state index is 5.50. The monoisotopic (exact) mass is 347 g/mol. The van der Waals surface area contributed by atoms with E-state index < -0.39 is 0 Å². The molecule has 1 N–H and O–H groups in total. The van der Waals surface area contributed by atoms with Gasteiger partial charge in [-0.25, -0.2) is 9.67 Å². The third kappa shape index (κ3) is 3.70. The van der Waals surface area contributed by atoms with E-state index in [2.05, 4.69) is 39.3 Å². The SMILES string of the molecule is CN(C)CCCNc1nc2n(n1)CC1CCC(N3CCOCC3)C1=N2. The number of morpholine rings is 1. The summed E-state index contributed by atoms with van der Waals surface area (Å²) in [6.45, 7) is 6.58. The highest BCUT2D eigenvalue weighted by Crippen LogP contribution is 2.34. The van der Waals surface area contributed by atoms with Crippen LogP contribution in [0, 0.1) is 5.92 Å². The minimum Gasteiger partial charge on any atom is -0.379 e. The van der Waals surface area contributed by atoms with Gasteiger partial charge < -0.3 is 15.0 Å². The Morgan fingerprint density at radius 1 is 1.24 bits per heavy atom. The van der Waals surface area contributed by atoms with Crippen molar-refractivity contribution in [3.8, 4) is 0 Å². The zero-order chi connectivity index (χ0) is 17.2. The molecule has 1 aromatic rings. The molecular weight excluding hydrogens is 318 g/mol. The van der Waals surface area contributed by atoms with Crippen LogP contribution in [0.1, 0.15) is 19.3 Å². The van der Waals surface area contributed by atoms with Gasteiger partial charge in [-0.15, -0.1) is 5.10 Å². The minimum atomic E-state index is 0.468. The molecule has 2 aliphatic heterocycles. The smallest absolute Gasteiger partial charge is 0.249 e. The second-order valence-corrected chi connectivity index (χ2v) is 7.48. The van der Waals surface area contributed by atoms with Crippen LogP contribution in [0.5, 0.6) is 0 Å². The molecule has 1 saturated carbocycles. The largest absolute Gasteiger partial charge is 0.379 e. The van der Waals surface area contributed by atoms with Crippen LogP contribution in [0.4, 0.5) is 11.9 Å². The van der Waals surface area contributed by atoms with Crippen LogP contribution in [0.25, 0.3) is 0 Å². The van der Waals surface area contributed by atoms with E-state index in [-0.39, 0.29) is 0 Å². The molecule has 2 fully saturated rings. The van der Waals surface area contributed by atoms with Crippen LogP contribution in [0.15, 0.2) is 4.99 Å². The van der Waals surface area contributed by atoms with Crippen molar-refractivity contribution in [2.24, 2.45) is 10.9 Å². The molecule has 3 heterocycles. The zero-order valence-electron chi connectivity index (χ0n) is 15.3. The van der Waals surface area contributed by atoms with Gasteiger partial charge in [0.1, 0.15) is 0 Å². The van der Waals surface area contributed by atoms with Crippen LogP contribution in [0.3, 0.4) is 0 Å². The summed E-state index contributed by atoms with van der Waals surface area (Å²) < 4.78 is 7.47. The predicted octanol–water partition coefficient (Wildman–Crippen LogP) is 0.839. The van der Waals surface area contributed by atoms with E-state index in [1.807, 2.05) is 4.68 Å². The van der Waals surface area contributed by atoms with E-state index >= 15 is 0 Å². The Labute approximate surface area is 149 Å². The lowest BCUT2D eigenvalue weighted by atomic mass is 10.0. The molecule has 25 heavy (non-hydrogen) atoms. The first-order valence-corrected chi connectivity index (χ1v) is 9.44. The number of hydrogen-bond donors (Lipinski definition) is 1. The van der Waals surface area contributed by atoms with Crippen molar-refractivity contribution >= 4 is 17.6 Å². The van der Waals surface area contributed by atoms with E-state index in [0.29, 0.717) is 17.9 Å². The fourth-order valence-corrected chi connectivity index (χ4v) is 4.07. The molecule has 0 aromatic carbocycles. The number of hydrogen-bond acceptors (Lipinski definition) is 7. The normalized spacial score (nSPS) is 26.4. The number of aliphatic imine (C=N–C) groups is 1. The van der Waals surface area contributed by atoms with Crippen LogP contribution >= 0.6 is 0 Å². The van der Waals surface area contributed by atoms with Gasteiger partial charge in [-0.05, 0) is 39.9 Å². The van der Waals surface area contributed by atoms with Crippen LogP contribution in [-0.2, 0) is 11.3 Å². The molecule has 0 spiro atoms. The molecule has 138 valence electrons. The molecule has 2 unspecified atom stereocenters. The summed E-state index contributed by atoms with van der Waals surface area (Å²) in [5, 5.41) is 7.94. The molecule has 3 aliphatic rings. The van der Waals surface area contributed by atoms with Gasteiger partial charge in [0.15, 0.2) is 0 Å². The number of rotatable bonds is 6. The van der Waals surface area contributed by atoms with Gasteiger partial charge in [0.2, 0.25) is 11.9 Å². The van der Waals surface area contributed by atoms with Gasteiger partial charge in [-0.1, -0.05) is 0 Å². The first kappa shape index (κ1) is 16.9. The number of ether oxygens (including phenoxy) is 1. The Morgan fingerprint density at radius 2 is 2.08 bits per heavy atom. The molecule has 0 radical (unpaired) electrons. The Bertz CT molecular complexity index is 621.